The van der Waals surface area contributed by atoms with Crippen LogP contribution in [0.25, 0.3) is 10.7 Å². The van der Waals surface area contributed by atoms with Crippen LogP contribution in [0.15, 0.2) is 30.3 Å². The largest absolute Gasteiger partial charge is 0.491 e. The number of hydrogen-bond donors (Lipinski definition) is 1. The average Bonchev–Trinajstić information content (AvgIpc) is 3.79. The normalized spacial score (nSPS) is 19.5. The molecule has 1 aromatic carbocycles. The molecule has 1 atom stereocenters. The lowest BCUT2D eigenvalue weighted by atomic mass is 10.00. The van der Waals surface area contributed by atoms with E-state index in [1.165, 1.54) is 12.1 Å². The van der Waals surface area contributed by atoms with Gasteiger partial charge < -0.3 is 10.0 Å². The van der Waals surface area contributed by atoms with Gasteiger partial charge in [-0.25, -0.2) is 23.5 Å². The van der Waals surface area contributed by atoms with Crippen molar-refractivity contribution in [3.05, 3.63) is 58.1 Å². The molecule has 3 aromatic rings. The maximum Gasteiger partial charge on any atom is 0.413 e. The number of carbonyl (C=O) groups excluding carboxylic acids is 2. The van der Waals surface area contributed by atoms with Crippen LogP contribution in [0.3, 0.4) is 0 Å². The third kappa shape index (κ3) is 3.97. The zero-order valence-corrected chi connectivity index (χ0v) is 20.2. The molecule has 1 spiro atoms. The molecule has 3 fully saturated rings. The van der Waals surface area contributed by atoms with Gasteiger partial charge in [-0.2, -0.15) is 13.2 Å². The molecule has 1 unspecified atom stereocenters. The number of imide groups is 1. The van der Waals surface area contributed by atoms with Crippen LogP contribution in [0.5, 0.6) is 5.88 Å². The van der Waals surface area contributed by atoms with E-state index in [0.29, 0.717) is 5.56 Å². The Hall–Kier alpha value is -3.68. The fraction of sp³-hybridized carbons (Fsp3) is 0.375. The van der Waals surface area contributed by atoms with Crippen molar-refractivity contribution >= 4 is 23.3 Å². The van der Waals surface area contributed by atoms with Crippen LogP contribution >= 0.6 is 11.3 Å². The molecule has 0 bridgehead atoms. The summed E-state index contributed by atoms with van der Waals surface area (Å²) in [6.07, 6.45) is -3.16. The van der Waals surface area contributed by atoms with Gasteiger partial charge in [0.15, 0.2) is 16.9 Å². The Morgan fingerprint density at radius 2 is 1.82 bits per heavy atom. The quantitative estimate of drug-likeness (QED) is 0.340. The van der Waals surface area contributed by atoms with E-state index in [-0.39, 0.29) is 45.9 Å². The van der Waals surface area contributed by atoms with Gasteiger partial charge in [-0.15, -0.1) is 10.2 Å². The van der Waals surface area contributed by atoms with Crippen LogP contribution in [0.1, 0.15) is 53.8 Å². The van der Waals surface area contributed by atoms with Crippen LogP contribution in [0.2, 0.25) is 0 Å². The minimum atomic E-state index is -5.12. The van der Waals surface area contributed by atoms with Crippen molar-refractivity contribution in [3.8, 4) is 16.6 Å². The molecular formula is C24H18F5N5O3S. The van der Waals surface area contributed by atoms with E-state index >= 15 is 0 Å². The van der Waals surface area contributed by atoms with Crippen LogP contribution in [0, 0.1) is 11.6 Å². The highest BCUT2D eigenvalue weighted by Crippen LogP contribution is 2.53. The summed E-state index contributed by atoms with van der Waals surface area (Å²) in [5.74, 6) is -3.83. The van der Waals surface area contributed by atoms with Crippen LogP contribution in [-0.2, 0) is 11.3 Å². The number of nitrogens with zero attached hydrogens (tertiary/aromatic N) is 5. The molecule has 1 N–H and O–H groups in total. The van der Waals surface area contributed by atoms with Crippen molar-refractivity contribution in [2.45, 2.75) is 55.9 Å². The summed E-state index contributed by atoms with van der Waals surface area (Å²) >= 11 is 0.919. The molecule has 38 heavy (non-hydrogen) atoms. The molecule has 0 radical (unpaired) electrons. The molecule has 1 aliphatic heterocycles. The van der Waals surface area contributed by atoms with Crippen LogP contribution in [-0.4, -0.2) is 53.7 Å². The van der Waals surface area contributed by atoms with E-state index in [2.05, 4.69) is 15.2 Å². The molecule has 3 heterocycles. The highest BCUT2D eigenvalue weighted by atomic mass is 32.1. The molecule has 3 aliphatic rings. The Labute approximate surface area is 215 Å². The van der Waals surface area contributed by atoms with Crippen molar-refractivity contribution in [2.24, 2.45) is 0 Å². The van der Waals surface area contributed by atoms with Gasteiger partial charge in [0.2, 0.25) is 5.88 Å². The lowest BCUT2D eigenvalue weighted by Crippen LogP contribution is -2.43. The smallest absolute Gasteiger partial charge is 0.413 e. The maximum absolute atomic E-state index is 15.0. The first-order valence-electron chi connectivity index (χ1n) is 11.7. The number of alkyl halides is 3. The molecular weight excluding hydrogens is 533 g/mol. The molecule has 3 amide bonds. The average molecular weight is 551 g/mol. The summed E-state index contributed by atoms with van der Waals surface area (Å²) in [6, 6.07) is 1.72. The molecule has 2 aliphatic carbocycles. The number of aromatic nitrogens is 3. The first-order chi connectivity index (χ1) is 18.0. The predicted molar refractivity (Wildman–Crippen MR) is 122 cm³/mol. The molecule has 2 aromatic heterocycles. The van der Waals surface area contributed by atoms with E-state index in [1.54, 1.807) is 0 Å². The fourth-order valence-corrected chi connectivity index (χ4v) is 5.59. The molecule has 8 nitrogen and oxygen atoms in total. The first-order valence-corrected chi connectivity index (χ1v) is 12.5. The number of halogens is 5. The summed E-state index contributed by atoms with van der Waals surface area (Å²) in [5, 5.41) is 17.7. The summed E-state index contributed by atoms with van der Waals surface area (Å²) in [7, 11) is 0. The standard InChI is InChI=1S/C24H18F5N5O3S/c25-14-5-6-16(30-19(14)35)20-32-31-17(38-20)10-33-22(37)34(21(36)23(33)7-8-23)18(24(27,28)29)13-4-3-12(9-15(13)26)11-1-2-11/h3-6,9,11,18H,1-2,7-8,10H2,(H,30,35). The third-order valence-corrected chi connectivity index (χ3v) is 7.97. The van der Waals surface area contributed by atoms with Gasteiger partial charge in [0, 0.05) is 5.56 Å². The number of urea groups is 1. The lowest BCUT2D eigenvalue weighted by Gasteiger charge is -2.28. The Morgan fingerprint density at radius 1 is 1.08 bits per heavy atom. The Bertz CT molecular complexity index is 1470. The summed E-state index contributed by atoms with van der Waals surface area (Å²) in [4.78, 5) is 31.5. The van der Waals surface area contributed by atoms with Crippen molar-refractivity contribution in [2.75, 3.05) is 0 Å². The van der Waals surface area contributed by atoms with Gasteiger partial charge in [-0.3, -0.25) is 4.79 Å². The monoisotopic (exact) mass is 551 g/mol. The number of carbonyl (C=O) groups is 2. The van der Waals surface area contributed by atoms with Gasteiger partial charge in [-0.05, 0) is 55.4 Å². The number of benzene rings is 1. The topological polar surface area (TPSA) is 99.5 Å². The van der Waals surface area contributed by atoms with E-state index in [9.17, 15) is 36.6 Å². The summed E-state index contributed by atoms with van der Waals surface area (Å²) in [6.45, 7) is -0.320. The van der Waals surface area contributed by atoms with E-state index in [1.807, 2.05) is 0 Å². The molecule has 198 valence electrons. The van der Waals surface area contributed by atoms with Crippen LogP contribution in [0.4, 0.5) is 26.7 Å². The zero-order valence-electron chi connectivity index (χ0n) is 19.4. The van der Waals surface area contributed by atoms with E-state index in [0.717, 1.165) is 47.3 Å². The second-order valence-corrected chi connectivity index (χ2v) is 10.6. The molecule has 2 saturated carbocycles. The SMILES string of the molecule is O=C1N(C(c2ccc(C3CC3)cc2F)C(F)(F)F)C(=O)C2(CC2)N1Cc1nnc(-c2ccc(F)c(O)n2)s1. The maximum atomic E-state index is 15.0. The lowest BCUT2D eigenvalue weighted by molar-refractivity contribution is -0.183. The van der Waals surface area contributed by atoms with Gasteiger partial charge in [0.25, 0.3) is 5.91 Å². The molecule has 14 heteroatoms. The zero-order chi connectivity index (χ0) is 27.0. The molecule has 1 saturated heterocycles. The second-order valence-electron chi connectivity index (χ2n) is 9.58. The van der Waals surface area contributed by atoms with Gasteiger partial charge >= 0.3 is 12.2 Å². The van der Waals surface area contributed by atoms with Crippen LogP contribution < -0.4 is 0 Å². The second kappa shape index (κ2) is 8.41. The van der Waals surface area contributed by atoms with Crippen molar-refractivity contribution in [3.63, 3.8) is 0 Å². The number of amides is 3. The van der Waals surface area contributed by atoms with Crippen molar-refractivity contribution in [1.29, 1.82) is 0 Å². The molecule has 6 rings (SSSR count). The Kier molecular flexibility index (Phi) is 5.46. The van der Waals surface area contributed by atoms with Crippen molar-refractivity contribution in [1.82, 2.24) is 25.0 Å². The highest BCUT2D eigenvalue weighted by Gasteiger charge is 2.68. The Morgan fingerprint density at radius 3 is 2.42 bits per heavy atom. The first kappa shape index (κ1) is 24.6. The minimum absolute atomic E-state index is 0.0986. The van der Waals surface area contributed by atoms with Gasteiger partial charge in [-0.1, -0.05) is 23.5 Å². The van der Waals surface area contributed by atoms with Gasteiger partial charge in [0.05, 0.1) is 6.54 Å². The summed E-state index contributed by atoms with van der Waals surface area (Å²) in [5.41, 5.74) is -1.57. The number of aromatic hydroxyl groups is 1. The number of hydrogen-bond acceptors (Lipinski definition) is 7. The van der Waals surface area contributed by atoms with Crippen molar-refractivity contribution < 1.29 is 36.6 Å². The number of pyridine rings is 1. The highest BCUT2D eigenvalue weighted by molar-refractivity contribution is 7.14. The minimum Gasteiger partial charge on any atom is -0.491 e. The van der Waals surface area contributed by atoms with E-state index < -0.39 is 52.8 Å². The third-order valence-electron chi connectivity index (χ3n) is 7.04. The predicted octanol–water partition coefficient (Wildman–Crippen LogP) is 5.06. The Balaban J connectivity index is 1.31. The number of rotatable bonds is 6. The summed E-state index contributed by atoms with van der Waals surface area (Å²) < 4.78 is 71.3. The van der Waals surface area contributed by atoms with Gasteiger partial charge in [0.1, 0.15) is 22.1 Å². The fourth-order valence-electron chi connectivity index (χ4n) is 4.79. The van der Waals surface area contributed by atoms with E-state index in [4.69, 9.17) is 0 Å².